The maximum Gasteiger partial charge on any atom is 0.228 e. The van der Waals surface area contributed by atoms with E-state index in [0.29, 0.717) is 5.02 Å². The monoisotopic (exact) mass is 278 g/mol. The zero-order chi connectivity index (χ0) is 13.5. The Labute approximate surface area is 118 Å². The molecule has 1 spiro atoms. The van der Waals surface area contributed by atoms with Crippen LogP contribution in [0.1, 0.15) is 24.8 Å². The number of amides is 1. The maximum absolute atomic E-state index is 12.3. The smallest absolute Gasteiger partial charge is 0.228 e. The number of nitrogens with one attached hydrogen (secondary N) is 2. The molecule has 0 radical (unpaired) electrons. The average Bonchev–Trinajstić information content (AvgIpc) is 3.08. The van der Waals surface area contributed by atoms with Gasteiger partial charge in [0, 0.05) is 16.6 Å². The molecule has 2 aliphatic rings. The molecule has 3 rings (SSSR count). The third-order valence-corrected chi connectivity index (χ3v) is 4.95. The van der Waals surface area contributed by atoms with Gasteiger partial charge in [0.25, 0.3) is 0 Å². The van der Waals surface area contributed by atoms with Gasteiger partial charge < -0.3 is 10.6 Å². The first-order valence-electron chi connectivity index (χ1n) is 6.88. The molecule has 1 unspecified atom stereocenters. The van der Waals surface area contributed by atoms with E-state index in [1.165, 1.54) is 0 Å². The number of anilines is 1. The van der Waals surface area contributed by atoms with Gasteiger partial charge in [0.1, 0.15) is 0 Å². The van der Waals surface area contributed by atoms with Crippen molar-refractivity contribution < 1.29 is 4.79 Å². The van der Waals surface area contributed by atoms with Gasteiger partial charge in [0.15, 0.2) is 0 Å². The summed E-state index contributed by atoms with van der Waals surface area (Å²) in [6.07, 6.45) is 3.29. The topological polar surface area (TPSA) is 41.1 Å². The number of rotatable bonds is 2. The molecule has 1 amide bonds. The Hall–Kier alpha value is -1.06. The molecule has 1 aliphatic carbocycles. The predicted molar refractivity (Wildman–Crippen MR) is 77.5 cm³/mol. The third kappa shape index (κ3) is 2.49. The van der Waals surface area contributed by atoms with Crippen molar-refractivity contribution in [3.05, 3.63) is 28.8 Å². The van der Waals surface area contributed by atoms with Crippen molar-refractivity contribution >= 4 is 23.2 Å². The molecule has 19 heavy (non-hydrogen) atoms. The fraction of sp³-hybridized carbons (Fsp3) is 0.533. The number of aryl methyl sites for hydroxylation is 1. The summed E-state index contributed by atoms with van der Waals surface area (Å²) in [5, 5.41) is 7.05. The molecule has 2 fully saturated rings. The van der Waals surface area contributed by atoms with E-state index in [0.717, 1.165) is 43.6 Å². The fourth-order valence-corrected chi connectivity index (χ4v) is 3.28. The average molecular weight is 279 g/mol. The highest BCUT2D eigenvalue weighted by molar-refractivity contribution is 6.31. The first-order chi connectivity index (χ1) is 9.11. The summed E-state index contributed by atoms with van der Waals surface area (Å²) in [5.41, 5.74) is 2.11. The van der Waals surface area contributed by atoms with E-state index in [-0.39, 0.29) is 17.2 Å². The van der Waals surface area contributed by atoms with Gasteiger partial charge in [-0.1, -0.05) is 17.7 Å². The Bertz CT molecular complexity index is 509. The van der Waals surface area contributed by atoms with Crippen molar-refractivity contribution in [3.8, 4) is 0 Å². The van der Waals surface area contributed by atoms with E-state index in [4.69, 9.17) is 11.6 Å². The molecular weight excluding hydrogens is 260 g/mol. The van der Waals surface area contributed by atoms with Crippen molar-refractivity contribution in [2.45, 2.75) is 26.2 Å². The molecule has 0 aromatic heterocycles. The van der Waals surface area contributed by atoms with Crippen LogP contribution in [-0.2, 0) is 4.79 Å². The number of benzene rings is 1. The summed E-state index contributed by atoms with van der Waals surface area (Å²) >= 11 is 6.08. The number of piperidine rings is 1. The van der Waals surface area contributed by atoms with E-state index >= 15 is 0 Å². The van der Waals surface area contributed by atoms with Crippen molar-refractivity contribution in [1.29, 1.82) is 0 Å². The SMILES string of the molecule is Cc1ccc(NC(=O)C2CC23CCNCC3)cc1Cl. The summed E-state index contributed by atoms with van der Waals surface area (Å²) in [5.74, 6) is 0.344. The molecule has 102 valence electrons. The Morgan fingerprint density at radius 2 is 2.16 bits per heavy atom. The normalized spacial score (nSPS) is 24.2. The lowest BCUT2D eigenvalue weighted by Crippen LogP contribution is -2.31. The van der Waals surface area contributed by atoms with Gasteiger partial charge in [-0.3, -0.25) is 4.79 Å². The molecule has 3 nitrogen and oxygen atoms in total. The number of hydrogen-bond acceptors (Lipinski definition) is 2. The summed E-state index contributed by atoms with van der Waals surface area (Å²) in [6, 6.07) is 5.67. The molecule has 1 heterocycles. The summed E-state index contributed by atoms with van der Waals surface area (Å²) in [6.45, 7) is 4.04. The van der Waals surface area contributed by atoms with E-state index in [1.807, 2.05) is 25.1 Å². The summed E-state index contributed by atoms with van der Waals surface area (Å²) < 4.78 is 0. The van der Waals surface area contributed by atoms with Crippen molar-refractivity contribution in [2.24, 2.45) is 11.3 Å². The molecule has 2 N–H and O–H groups in total. The fourth-order valence-electron chi connectivity index (χ4n) is 3.10. The first kappa shape index (κ1) is 12.9. The molecule has 4 heteroatoms. The highest BCUT2D eigenvalue weighted by Crippen LogP contribution is 2.58. The minimum absolute atomic E-state index is 0.154. The largest absolute Gasteiger partial charge is 0.326 e. The molecular formula is C15H19ClN2O. The van der Waals surface area contributed by atoms with E-state index < -0.39 is 0 Å². The van der Waals surface area contributed by atoms with Crippen LogP contribution in [0.4, 0.5) is 5.69 Å². The Kier molecular flexibility index (Phi) is 3.27. The molecule has 1 atom stereocenters. The van der Waals surface area contributed by atoms with Gasteiger partial charge in [0.2, 0.25) is 5.91 Å². The third-order valence-electron chi connectivity index (χ3n) is 4.54. The van der Waals surface area contributed by atoms with E-state index in [1.54, 1.807) is 0 Å². The number of carbonyl (C=O) groups excluding carboxylic acids is 1. The standard InChI is InChI=1S/C15H19ClN2O/c1-10-2-3-11(8-13(10)16)18-14(19)12-9-15(12)4-6-17-7-5-15/h2-3,8,12,17H,4-7,9H2,1H3,(H,18,19). The number of halogens is 1. The molecule has 1 saturated heterocycles. The van der Waals surface area contributed by atoms with Gasteiger partial charge in [-0.05, 0) is 62.4 Å². The first-order valence-corrected chi connectivity index (χ1v) is 7.26. The van der Waals surface area contributed by atoms with Crippen molar-refractivity contribution in [3.63, 3.8) is 0 Å². The van der Waals surface area contributed by atoms with Gasteiger partial charge >= 0.3 is 0 Å². The second kappa shape index (κ2) is 4.80. The Morgan fingerprint density at radius 3 is 2.84 bits per heavy atom. The van der Waals surface area contributed by atoms with Gasteiger partial charge in [-0.2, -0.15) is 0 Å². The maximum atomic E-state index is 12.3. The lowest BCUT2D eigenvalue weighted by molar-refractivity contribution is -0.118. The van der Waals surface area contributed by atoms with Crippen LogP contribution in [0.25, 0.3) is 0 Å². The lowest BCUT2D eigenvalue weighted by Gasteiger charge is -2.23. The molecule has 1 aromatic carbocycles. The second-order valence-corrected chi connectivity index (χ2v) is 6.23. The van der Waals surface area contributed by atoms with E-state index in [9.17, 15) is 4.79 Å². The second-order valence-electron chi connectivity index (χ2n) is 5.82. The summed E-state index contributed by atoms with van der Waals surface area (Å²) in [4.78, 5) is 12.3. The van der Waals surface area contributed by atoms with Crippen LogP contribution in [0.5, 0.6) is 0 Å². The molecule has 1 saturated carbocycles. The zero-order valence-corrected chi connectivity index (χ0v) is 11.9. The quantitative estimate of drug-likeness (QED) is 0.873. The van der Waals surface area contributed by atoms with Gasteiger partial charge in [-0.25, -0.2) is 0 Å². The van der Waals surface area contributed by atoms with Crippen LogP contribution < -0.4 is 10.6 Å². The highest BCUT2D eigenvalue weighted by atomic mass is 35.5. The minimum Gasteiger partial charge on any atom is -0.326 e. The number of carbonyl (C=O) groups is 1. The van der Waals surface area contributed by atoms with E-state index in [2.05, 4.69) is 10.6 Å². The Morgan fingerprint density at radius 1 is 1.42 bits per heavy atom. The van der Waals surface area contributed by atoms with Crippen molar-refractivity contribution in [2.75, 3.05) is 18.4 Å². The predicted octanol–water partition coefficient (Wildman–Crippen LogP) is 2.98. The molecule has 0 bridgehead atoms. The van der Waals surface area contributed by atoms with Crippen molar-refractivity contribution in [1.82, 2.24) is 5.32 Å². The van der Waals surface area contributed by atoms with Crippen LogP contribution in [0.3, 0.4) is 0 Å². The summed E-state index contributed by atoms with van der Waals surface area (Å²) in [7, 11) is 0. The van der Waals surface area contributed by atoms with Crippen LogP contribution in [0.2, 0.25) is 5.02 Å². The highest BCUT2D eigenvalue weighted by Gasteiger charge is 2.57. The number of hydrogen-bond donors (Lipinski definition) is 2. The van der Waals surface area contributed by atoms with Crippen LogP contribution in [-0.4, -0.2) is 19.0 Å². The zero-order valence-electron chi connectivity index (χ0n) is 11.1. The van der Waals surface area contributed by atoms with Crippen LogP contribution >= 0.6 is 11.6 Å². The minimum atomic E-state index is 0.154. The van der Waals surface area contributed by atoms with Crippen LogP contribution in [0.15, 0.2) is 18.2 Å². The van der Waals surface area contributed by atoms with Gasteiger partial charge in [0.05, 0.1) is 0 Å². The molecule has 1 aliphatic heterocycles. The van der Waals surface area contributed by atoms with Crippen LogP contribution in [0, 0.1) is 18.3 Å². The lowest BCUT2D eigenvalue weighted by atomic mass is 9.92. The Balaban J connectivity index is 1.64. The van der Waals surface area contributed by atoms with Gasteiger partial charge in [-0.15, -0.1) is 0 Å². The molecule has 1 aromatic rings.